The molecule has 0 aliphatic rings. The van der Waals surface area contributed by atoms with Crippen molar-refractivity contribution < 1.29 is 13.6 Å². The molecule has 0 fully saturated rings. The van der Waals surface area contributed by atoms with E-state index in [2.05, 4.69) is 0 Å². The van der Waals surface area contributed by atoms with Crippen molar-refractivity contribution in [3.05, 3.63) is 34.9 Å². The minimum atomic E-state index is -1.09. The zero-order chi connectivity index (χ0) is 10.0. The van der Waals surface area contributed by atoms with Crippen LogP contribution in [0.5, 0.6) is 0 Å². The Bertz CT molecular complexity index is 407. The number of carbonyl (C=O) groups excluding carboxylic acids is 1. The van der Waals surface area contributed by atoms with E-state index in [1.165, 1.54) is 6.07 Å². The predicted molar refractivity (Wildman–Crippen MR) is 41.1 cm³/mol. The van der Waals surface area contributed by atoms with Gasteiger partial charge < -0.3 is 0 Å². The molecule has 2 nitrogen and oxygen atoms in total. The van der Waals surface area contributed by atoms with Gasteiger partial charge in [0.05, 0.1) is 5.56 Å². The lowest BCUT2D eigenvalue weighted by Crippen LogP contribution is -2.01. The Hall–Kier alpha value is -1.76. The number of hydrogen-bond donors (Lipinski definition) is 0. The summed E-state index contributed by atoms with van der Waals surface area (Å²) in [6.07, 6.45) is 0. The Morgan fingerprint density at radius 3 is 2.54 bits per heavy atom. The van der Waals surface area contributed by atoms with E-state index in [1.54, 1.807) is 0 Å². The molecule has 66 valence electrons. The summed E-state index contributed by atoms with van der Waals surface area (Å²) in [6, 6.07) is 3.28. The number of nitrogens with zero attached hydrogens (tertiary/aromatic N) is 1. The molecule has 0 aromatic heterocycles. The largest absolute Gasteiger partial charge is 0.294 e. The van der Waals surface area contributed by atoms with Crippen molar-refractivity contribution in [1.82, 2.24) is 0 Å². The number of nitriles is 1. The van der Waals surface area contributed by atoms with Gasteiger partial charge >= 0.3 is 0 Å². The highest BCUT2D eigenvalue weighted by atomic mass is 19.1. The molecule has 0 unspecified atom stereocenters. The summed E-state index contributed by atoms with van der Waals surface area (Å²) in [5, 5.41) is 8.36. The molecule has 1 aromatic rings. The Labute approximate surface area is 73.4 Å². The van der Waals surface area contributed by atoms with Crippen LogP contribution >= 0.6 is 0 Å². The molecule has 0 amide bonds. The highest BCUT2D eigenvalue weighted by Gasteiger charge is 2.15. The van der Waals surface area contributed by atoms with E-state index in [0.29, 0.717) is 0 Å². The highest BCUT2D eigenvalue weighted by Crippen LogP contribution is 2.16. The maximum atomic E-state index is 13.1. The van der Waals surface area contributed by atoms with E-state index in [4.69, 9.17) is 5.26 Å². The van der Waals surface area contributed by atoms with Crippen LogP contribution in [0.2, 0.25) is 0 Å². The van der Waals surface area contributed by atoms with Crippen LogP contribution in [0, 0.1) is 23.0 Å². The second-order valence-electron chi connectivity index (χ2n) is 2.45. The van der Waals surface area contributed by atoms with E-state index in [-0.39, 0.29) is 5.56 Å². The van der Waals surface area contributed by atoms with Gasteiger partial charge in [-0.2, -0.15) is 5.26 Å². The average Bonchev–Trinajstić information content (AvgIpc) is 2.04. The van der Waals surface area contributed by atoms with E-state index >= 15 is 0 Å². The van der Waals surface area contributed by atoms with Gasteiger partial charge in [0.2, 0.25) is 0 Å². The maximum Gasteiger partial charge on any atom is 0.162 e. The van der Waals surface area contributed by atoms with Crippen molar-refractivity contribution in [2.75, 3.05) is 0 Å². The number of halogens is 2. The van der Waals surface area contributed by atoms with Gasteiger partial charge in [0.25, 0.3) is 0 Å². The van der Waals surface area contributed by atoms with E-state index in [9.17, 15) is 13.6 Å². The van der Waals surface area contributed by atoms with Crippen LogP contribution in [0.15, 0.2) is 12.1 Å². The van der Waals surface area contributed by atoms with Gasteiger partial charge in [-0.15, -0.1) is 0 Å². The van der Waals surface area contributed by atoms with Crippen molar-refractivity contribution in [1.29, 1.82) is 5.26 Å². The molecule has 1 rings (SSSR count). The zero-order valence-electron chi connectivity index (χ0n) is 6.77. The Balaban J connectivity index is 3.47. The molecule has 0 radical (unpaired) electrons. The molecule has 0 saturated carbocycles. The van der Waals surface area contributed by atoms with Crippen molar-refractivity contribution in [2.24, 2.45) is 0 Å². The number of ketones is 1. The third-order valence-corrected chi connectivity index (χ3v) is 1.58. The molecule has 0 bridgehead atoms. The first-order valence-corrected chi connectivity index (χ1v) is 3.47. The topological polar surface area (TPSA) is 40.9 Å². The standard InChI is InChI=1S/C9H5F2NO/c1-5(13)6-2-3-8(10)7(4-12)9(6)11/h2-3H,1H3. The molecule has 13 heavy (non-hydrogen) atoms. The summed E-state index contributed by atoms with van der Waals surface area (Å²) in [6.45, 7) is 1.15. The van der Waals surface area contributed by atoms with Crippen molar-refractivity contribution in [3.63, 3.8) is 0 Å². The lowest BCUT2D eigenvalue weighted by atomic mass is 10.1. The normalized spacial score (nSPS) is 9.38. The van der Waals surface area contributed by atoms with Crippen molar-refractivity contribution in [3.8, 4) is 6.07 Å². The molecule has 0 aliphatic heterocycles. The Morgan fingerprint density at radius 1 is 1.46 bits per heavy atom. The van der Waals surface area contributed by atoms with Crippen LogP contribution in [0.3, 0.4) is 0 Å². The molecule has 1 aromatic carbocycles. The summed E-state index contributed by atoms with van der Waals surface area (Å²) in [4.78, 5) is 10.8. The van der Waals surface area contributed by atoms with E-state index < -0.39 is 23.0 Å². The molecular formula is C9H5F2NO. The second kappa shape index (κ2) is 3.31. The van der Waals surface area contributed by atoms with Crippen molar-refractivity contribution >= 4 is 5.78 Å². The molecule has 0 aliphatic carbocycles. The fraction of sp³-hybridized carbons (Fsp3) is 0.111. The molecule has 0 saturated heterocycles. The first-order chi connectivity index (χ1) is 6.07. The van der Waals surface area contributed by atoms with Gasteiger partial charge in [-0.05, 0) is 19.1 Å². The van der Waals surface area contributed by atoms with E-state index in [1.807, 2.05) is 0 Å². The fourth-order valence-corrected chi connectivity index (χ4v) is 0.927. The smallest absolute Gasteiger partial charge is 0.162 e. The lowest BCUT2D eigenvalue weighted by Gasteiger charge is -2.00. The van der Waals surface area contributed by atoms with Crippen LogP contribution in [0.25, 0.3) is 0 Å². The minimum Gasteiger partial charge on any atom is -0.294 e. The zero-order valence-corrected chi connectivity index (χ0v) is 6.77. The molecule has 0 spiro atoms. The van der Waals surface area contributed by atoms with Gasteiger partial charge in [-0.25, -0.2) is 8.78 Å². The molecule has 0 heterocycles. The van der Waals surface area contributed by atoms with Gasteiger partial charge in [-0.3, -0.25) is 4.79 Å². The number of rotatable bonds is 1. The van der Waals surface area contributed by atoms with Gasteiger partial charge in [0, 0.05) is 0 Å². The number of benzene rings is 1. The van der Waals surface area contributed by atoms with Crippen molar-refractivity contribution in [2.45, 2.75) is 6.92 Å². The van der Waals surface area contributed by atoms with Crippen LogP contribution in [0.4, 0.5) is 8.78 Å². The minimum absolute atomic E-state index is 0.266. The summed E-state index contributed by atoms with van der Waals surface area (Å²) in [5.74, 6) is -2.57. The van der Waals surface area contributed by atoms with Crippen LogP contribution in [-0.4, -0.2) is 5.78 Å². The molecule has 0 N–H and O–H groups in total. The summed E-state index contributed by atoms with van der Waals surface area (Å²) in [7, 11) is 0. The highest BCUT2D eigenvalue weighted by molar-refractivity contribution is 5.94. The Kier molecular flexibility index (Phi) is 2.38. The number of hydrogen-bond acceptors (Lipinski definition) is 2. The van der Waals surface area contributed by atoms with Gasteiger partial charge in [0.15, 0.2) is 11.6 Å². The van der Waals surface area contributed by atoms with Crippen LogP contribution < -0.4 is 0 Å². The SMILES string of the molecule is CC(=O)c1ccc(F)c(C#N)c1F. The quantitative estimate of drug-likeness (QED) is 0.622. The van der Waals surface area contributed by atoms with E-state index in [0.717, 1.165) is 19.1 Å². The first kappa shape index (κ1) is 9.33. The monoisotopic (exact) mass is 181 g/mol. The first-order valence-electron chi connectivity index (χ1n) is 3.47. The summed E-state index contributed by atoms with van der Waals surface area (Å²) < 4.78 is 25.8. The lowest BCUT2D eigenvalue weighted by molar-refractivity contribution is 0.101. The fourth-order valence-electron chi connectivity index (χ4n) is 0.927. The third-order valence-electron chi connectivity index (χ3n) is 1.58. The van der Waals surface area contributed by atoms with Gasteiger partial charge in [-0.1, -0.05) is 0 Å². The molecule has 4 heteroatoms. The second-order valence-corrected chi connectivity index (χ2v) is 2.45. The van der Waals surface area contributed by atoms with Crippen LogP contribution in [-0.2, 0) is 0 Å². The van der Waals surface area contributed by atoms with Gasteiger partial charge in [0.1, 0.15) is 17.4 Å². The predicted octanol–water partition coefficient (Wildman–Crippen LogP) is 2.04. The summed E-state index contributed by atoms with van der Waals surface area (Å²) in [5.41, 5.74) is -0.981. The van der Waals surface area contributed by atoms with Crippen LogP contribution in [0.1, 0.15) is 22.8 Å². The number of carbonyl (C=O) groups is 1. The Morgan fingerprint density at radius 2 is 2.08 bits per heavy atom. The number of Topliss-reactive ketones (excluding diaryl/α,β-unsaturated/α-hetero) is 1. The average molecular weight is 181 g/mol. The molecular weight excluding hydrogens is 176 g/mol. The third kappa shape index (κ3) is 1.54. The maximum absolute atomic E-state index is 13.1. The molecule has 0 atom stereocenters. The summed E-state index contributed by atoms with van der Waals surface area (Å²) >= 11 is 0.